The Morgan fingerprint density at radius 1 is 1.12 bits per heavy atom. The number of halogens is 1. The van der Waals surface area contributed by atoms with Gasteiger partial charge in [0.2, 0.25) is 5.89 Å². The number of hydrogen-bond acceptors (Lipinski definition) is 4. The molecular formula is C19H16FN3O2. The summed E-state index contributed by atoms with van der Waals surface area (Å²) in [5.41, 5.74) is 3.55. The maximum absolute atomic E-state index is 14.0. The summed E-state index contributed by atoms with van der Waals surface area (Å²) in [4.78, 5) is 4.36. The van der Waals surface area contributed by atoms with Crippen LogP contribution in [0.1, 0.15) is 22.6 Å². The molecule has 0 bridgehead atoms. The van der Waals surface area contributed by atoms with Gasteiger partial charge in [-0.3, -0.25) is 5.10 Å². The highest BCUT2D eigenvalue weighted by Crippen LogP contribution is 2.31. The molecule has 0 amide bonds. The van der Waals surface area contributed by atoms with Crippen LogP contribution in [0.2, 0.25) is 0 Å². The van der Waals surface area contributed by atoms with Gasteiger partial charge in [0.25, 0.3) is 0 Å². The maximum Gasteiger partial charge on any atom is 0.248 e. The van der Waals surface area contributed by atoms with Crippen LogP contribution in [0.5, 0.6) is 0 Å². The number of hydrogen-bond donors (Lipinski definition) is 2. The van der Waals surface area contributed by atoms with Gasteiger partial charge < -0.3 is 9.52 Å². The third-order valence-corrected chi connectivity index (χ3v) is 4.25. The smallest absolute Gasteiger partial charge is 0.248 e. The molecule has 0 aliphatic carbocycles. The first-order valence-electron chi connectivity index (χ1n) is 7.94. The molecule has 4 aromatic rings. The summed E-state index contributed by atoms with van der Waals surface area (Å²) in [6.07, 6.45) is 0.434. The van der Waals surface area contributed by atoms with Gasteiger partial charge in [-0.05, 0) is 30.2 Å². The second-order valence-corrected chi connectivity index (χ2v) is 5.87. The topological polar surface area (TPSA) is 74.9 Å². The molecule has 0 radical (unpaired) electrons. The molecule has 2 N–H and O–H groups in total. The van der Waals surface area contributed by atoms with Crippen molar-refractivity contribution in [2.75, 3.05) is 0 Å². The van der Waals surface area contributed by atoms with E-state index >= 15 is 0 Å². The Morgan fingerprint density at radius 3 is 2.68 bits per heavy atom. The van der Waals surface area contributed by atoms with E-state index in [4.69, 9.17) is 4.42 Å². The number of aromatic amines is 1. The number of nitrogens with one attached hydrogen (secondary N) is 1. The molecule has 2 heterocycles. The SMILES string of the molecule is Cc1nc(-c2n[nH]c3cccc(Cc4ccccc4F)c23)oc1CO. The van der Waals surface area contributed by atoms with Crippen LogP contribution in [0.4, 0.5) is 4.39 Å². The van der Waals surface area contributed by atoms with E-state index in [9.17, 15) is 9.50 Å². The first-order valence-corrected chi connectivity index (χ1v) is 7.94. The lowest BCUT2D eigenvalue weighted by atomic mass is 9.99. The van der Waals surface area contributed by atoms with E-state index in [2.05, 4.69) is 15.2 Å². The molecule has 126 valence electrons. The van der Waals surface area contributed by atoms with Crippen molar-refractivity contribution in [3.63, 3.8) is 0 Å². The van der Waals surface area contributed by atoms with Gasteiger partial charge >= 0.3 is 0 Å². The van der Waals surface area contributed by atoms with Crippen molar-refractivity contribution in [3.05, 3.63) is 70.9 Å². The molecule has 0 spiro atoms. The van der Waals surface area contributed by atoms with Crippen molar-refractivity contribution in [1.29, 1.82) is 0 Å². The van der Waals surface area contributed by atoms with Gasteiger partial charge in [0.05, 0.1) is 11.2 Å². The lowest BCUT2D eigenvalue weighted by Crippen LogP contribution is -1.93. The number of H-pyrrole nitrogens is 1. The highest BCUT2D eigenvalue weighted by Gasteiger charge is 2.19. The fourth-order valence-electron chi connectivity index (χ4n) is 2.97. The molecule has 0 aliphatic heterocycles. The van der Waals surface area contributed by atoms with Gasteiger partial charge in [-0.25, -0.2) is 9.37 Å². The fraction of sp³-hybridized carbons (Fsp3) is 0.158. The quantitative estimate of drug-likeness (QED) is 0.595. The van der Waals surface area contributed by atoms with E-state index in [1.165, 1.54) is 6.07 Å². The predicted molar refractivity (Wildman–Crippen MR) is 91.5 cm³/mol. The van der Waals surface area contributed by atoms with E-state index < -0.39 is 0 Å². The van der Waals surface area contributed by atoms with Crippen LogP contribution in [-0.4, -0.2) is 20.3 Å². The number of nitrogens with zero attached hydrogens (tertiary/aromatic N) is 2. The molecule has 0 saturated carbocycles. The van der Waals surface area contributed by atoms with Gasteiger partial charge in [0.1, 0.15) is 12.4 Å². The van der Waals surface area contributed by atoms with E-state index in [-0.39, 0.29) is 12.4 Å². The van der Waals surface area contributed by atoms with Crippen LogP contribution in [0.3, 0.4) is 0 Å². The van der Waals surface area contributed by atoms with Crippen LogP contribution < -0.4 is 0 Å². The van der Waals surface area contributed by atoms with Gasteiger partial charge in [-0.15, -0.1) is 0 Å². The summed E-state index contributed by atoms with van der Waals surface area (Å²) >= 11 is 0. The van der Waals surface area contributed by atoms with Crippen LogP contribution in [0.25, 0.3) is 22.5 Å². The second kappa shape index (κ2) is 6.14. The maximum atomic E-state index is 14.0. The standard InChI is InChI=1S/C19H16FN3O2/c1-11-16(10-24)25-19(21-11)18-17-13(6-4-8-15(17)22-23-18)9-12-5-2-3-7-14(12)20/h2-8,24H,9-10H2,1H3,(H,22,23). The summed E-state index contributed by atoms with van der Waals surface area (Å²) in [6.45, 7) is 1.55. The Labute approximate surface area is 143 Å². The number of aryl methyl sites for hydroxylation is 1. The number of aromatic nitrogens is 3. The Bertz CT molecular complexity index is 1050. The number of fused-ring (bicyclic) bond motifs is 1. The lowest BCUT2D eigenvalue weighted by molar-refractivity contribution is 0.247. The third-order valence-electron chi connectivity index (χ3n) is 4.25. The molecule has 0 aliphatic rings. The van der Waals surface area contributed by atoms with E-state index in [1.807, 2.05) is 24.3 Å². The molecule has 0 fully saturated rings. The first kappa shape index (κ1) is 15.5. The fourth-order valence-corrected chi connectivity index (χ4v) is 2.97. The monoisotopic (exact) mass is 337 g/mol. The van der Waals surface area contributed by atoms with Crippen molar-refractivity contribution >= 4 is 10.9 Å². The number of benzene rings is 2. The van der Waals surface area contributed by atoms with E-state index in [0.717, 1.165) is 16.5 Å². The molecule has 2 aromatic heterocycles. The molecule has 2 aromatic carbocycles. The molecule has 25 heavy (non-hydrogen) atoms. The Hall–Kier alpha value is -2.99. The zero-order valence-corrected chi connectivity index (χ0v) is 13.6. The molecule has 5 nitrogen and oxygen atoms in total. The molecular weight excluding hydrogens is 321 g/mol. The first-order chi connectivity index (χ1) is 12.2. The van der Waals surface area contributed by atoms with Crippen molar-refractivity contribution in [3.8, 4) is 11.6 Å². The van der Waals surface area contributed by atoms with Crippen molar-refractivity contribution < 1.29 is 13.9 Å². The van der Waals surface area contributed by atoms with Crippen LogP contribution >= 0.6 is 0 Å². The van der Waals surface area contributed by atoms with Crippen LogP contribution in [0, 0.1) is 12.7 Å². The lowest BCUT2D eigenvalue weighted by Gasteiger charge is -2.05. The van der Waals surface area contributed by atoms with Gasteiger partial charge in [0.15, 0.2) is 11.5 Å². The van der Waals surface area contributed by atoms with E-state index in [1.54, 1.807) is 19.1 Å². The summed E-state index contributed by atoms with van der Waals surface area (Å²) in [7, 11) is 0. The third kappa shape index (κ3) is 2.70. The zero-order chi connectivity index (χ0) is 17.4. The summed E-state index contributed by atoms with van der Waals surface area (Å²) in [6, 6.07) is 12.5. The van der Waals surface area contributed by atoms with E-state index in [0.29, 0.717) is 35.0 Å². The largest absolute Gasteiger partial charge is 0.437 e. The highest BCUT2D eigenvalue weighted by atomic mass is 19.1. The predicted octanol–water partition coefficient (Wildman–Crippen LogP) is 3.75. The minimum Gasteiger partial charge on any atom is -0.437 e. The Kier molecular flexibility index (Phi) is 3.82. The molecule has 0 unspecified atom stereocenters. The van der Waals surface area contributed by atoms with Crippen molar-refractivity contribution in [2.45, 2.75) is 20.0 Å². The van der Waals surface area contributed by atoms with Crippen LogP contribution in [-0.2, 0) is 13.0 Å². The van der Waals surface area contributed by atoms with Gasteiger partial charge in [0, 0.05) is 11.8 Å². The van der Waals surface area contributed by atoms with Crippen molar-refractivity contribution in [1.82, 2.24) is 15.2 Å². The number of aliphatic hydroxyl groups excluding tert-OH is 1. The summed E-state index contributed by atoms with van der Waals surface area (Å²) in [5.74, 6) is 0.519. The van der Waals surface area contributed by atoms with Gasteiger partial charge in [-0.2, -0.15) is 5.10 Å². The summed E-state index contributed by atoms with van der Waals surface area (Å²) < 4.78 is 19.7. The highest BCUT2D eigenvalue weighted by molar-refractivity contribution is 5.93. The van der Waals surface area contributed by atoms with Crippen LogP contribution in [0.15, 0.2) is 46.9 Å². The second-order valence-electron chi connectivity index (χ2n) is 5.87. The van der Waals surface area contributed by atoms with Gasteiger partial charge in [-0.1, -0.05) is 30.3 Å². The molecule has 6 heteroatoms. The Morgan fingerprint density at radius 2 is 1.92 bits per heavy atom. The number of rotatable bonds is 4. The normalized spacial score (nSPS) is 11.3. The Balaban J connectivity index is 1.85. The molecule has 4 rings (SSSR count). The summed E-state index contributed by atoms with van der Waals surface area (Å²) in [5, 5.41) is 17.5. The average molecular weight is 337 g/mol. The average Bonchev–Trinajstić information content (AvgIpc) is 3.20. The number of oxazole rings is 1. The zero-order valence-electron chi connectivity index (χ0n) is 13.6. The minimum atomic E-state index is -0.237. The number of aliphatic hydroxyl groups is 1. The molecule has 0 atom stereocenters. The molecule has 0 saturated heterocycles. The minimum absolute atomic E-state index is 0.219. The van der Waals surface area contributed by atoms with Crippen molar-refractivity contribution in [2.24, 2.45) is 0 Å².